The average molecular weight is 364 g/mol. The molecule has 26 heavy (non-hydrogen) atoms. The van der Waals surface area contributed by atoms with Gasteiger partial charge in [-0.2, -0.15) is 0 Å². The summed E-state index contributed by atoms with van der Waals surface area (Å²) in [5.41, 5.74) is 5.12. The van der Waals surface area contributed by atoms with Crippen LogP contribution in [-0.4, -0.2) is 21.4 Å². The maximum Gasteiger partial charge on any atom is 0.133 e. The van der Waals surface area contributed by atoms with Crippen molar-refractivity contribution in [2.45, 2.75) is 45.7 Å². The van der Waals surface area contributed by atoms with Gasteiger partial charge in [-0.15, -0.1) is 11.3 Å². The Morgan fingerprint density at radius 3 is 2.69 bits per heavy atom. The minimum absolute atomic E-state index is 0.00432. The third-order valence-electron chi connectivity index (χ3n) is 4.84. The van der Waals surface area contributed by atoms with Crippen LogP contribution >= 0.6 is 11.3 Å². The summed E-state index contributed by atoms with van der Waals surface area (Å²) >= 11 is 1.85. The van der Waals surface area contributed by atoms with Crippen molar-refractivity contribution in [1.82, 2.24) is 14.9 Å². The molecule has 3 aromatic rings. The van der Waals surface area contributed by atoms with Gasteiger partial charge in [0.2, 0.25) is 0 Å². The zero-order valence-electron chi connectivity index (χ0n) is 15.7. The number of fused-ring (bicyclic) bond motifs is 1. The Bertz CT molecular complexity index is 893. The third kappa shape index (κ3) is 3.71. The second kappa shape index (κ2) is 6.93. The van der Waals surface area contributed by atoms with Gasteiger partial charge in [0.05, 0.1) is 5.69 Å². The molecular formula is C22H25N3S. The number of thiophene rings is 1. The molecule has 1 aromatic carbocycles. The normalized spacial score (nSPS) is 15.0. The lowest BCUT2D eigenvalue weighted by molar-refractivity contribution is 0.242. The minimum Gasteiger partial charge on any atom is -0.292 e. The first-order valence-corrected chi connectivity index (χ1v) is 10.1. The Labute approximate surface area is 159 Å². The second-order valence-electron chi connectivity index (χ2n) is 8.04. The SMILES string of the molecule is CC(C)(C)c1ncc2c(n1)CN(Cc1cc(-c3ccccc3)cs1)CC2. The summed E-state index contributed by atoms with van der Waals surface area (Å²) in [6, 6.07) is 12.9. The Morgan fingerprint density at radius 1 is 1.12 bits per heavy atom. The van der Waals surface area contributed by atoms with Crippen molar-refractivity contribution in [1.29, 1.82) is 0 Å². The molecule has 0 spiro atoms. The van der Waals surface area contributed by atoms with Gasteiger partial charge in [0.1, 0.15) is 5.82 Å². The Hall–Kier alpha value is -2.04. The van der Waals surface area contributed by atoms with Crippen LogP contribution in [0.5, 0.6) is 0 Å². The number of rotatable bonds is 3. The predicted molar refractivity (Wildman–Crippen MR) is 108 cm³/mol. The fourth-order valence-corrected chi connectivity index (χ4v) is 4.25. The fraction of sp³-hybridized carbons (Fsp3) is 0.364. The number of hydrogen-bond donors (Lipinski definition) is 0. The van der Waals surface area contributed by atoms with E-state index in [0.29, 0.717) is 0 Å². The van der Waals surface area contributed by atoms with E-state index in [4.69, 9.17) is 4.98 Å². The highest BCUT2D eigenvalue weighted by atomic mass is 32.1. The molecule has 134 valence electrons. The lowest BCUT2D eigenvalue weighted by atomic mass is 9.95. The molecule has 0 radical (unpaired) electrons. The van der Waals surface area contributed by atoms with E-state index in [0.717, 1.165) is 31.9 Å². The molecule has 0 unspecified atom stereocenters. The predicted octanol–water partition coefficient (Wildman–Crippen LogP) is 5.06. The number of benzene rings is 1. The maximum atomic E-state index is 4.88. The van der Waals surface area contributed by atoms with Crippen LogP contribution in [0.15, 0.2) is 48.0 Å². The lowest BCUT2D eigenvalue weighted by Crippen LogP contribution is -2.31. The highest BCUT2D eigenvalue weighted by molar-refractivity contribution is 7.10. The van der Waals surface area contributed by atoms with Gasteiger partial charge in [0.25, 0.3) is 0 Å². The molecule has 3 nitrogen and oxygen atoms in total. The smallest absolute Gasteiger partial charge is 0.133 e. The number of hydrogen-bond acceptors (Lipinski definition) is 4. The van der Waals surface area contributed by atoms with E-state index >= 15 is 0 Å². The summed E-state index contributed by atoms with van der Waals surface area (Å²) < 4.78 is 0. The molecule has 0 amide bonds. The molecule has 0 bridgehead atoms. The fourth-order valence-electron chi connectivity index (χ4n) is 3.32. The molecule has 0 fully saturated rings. The van der Waals surface area contributed by atoms with E-state index in [1.807, 2.05) is 17.5 Å². The molecule has 0 saturated carbocycles. The molecule has 0 aliphatic carbocycles. The minimum atomic E-state index is -0.00432. The molecular weight excluding hydrogens is 338 g/mol. The molecule has 4 heteroatoms. The summed E-state index contributed by atoms with van der Waals surface area (Å²) in [5.74, 6) is 0.945. The molecule has 1 aliphatic rings. The molecule has 4 rings (SSSR count). The highest BCUT2D eigenvalue weighted by Crippen LogP contribution is 2.28. The first-order valence-electron chi connectivity index (χ1n) is 9.19. The van der Waals surface area contributed by atoms with Crippen molar-refractivity contribution >= 4 is 11.3 Å². The van der Waals surface area contributed by atoms with Crippen LogP contribution in [0, 0.1) is 0 Å². The topological polar surface area (TPSA) is 29.0 Å². The van der Waals surface area contributed by atoms with Crippen molar-refractivity contribution in [2.24, 2.45) is 0 Å². The van der Waals surface area contributed by atoms with Crippen molar-refractivity contribution < 1.29 is 0 Å². The molecule has 0 atom stereocenters. The van der Waals surface area contributed by atoms with Crippen LogP contribution < -0.4 is 0 Å². The molecule has 2 aromatic heterocycles. The summed E-state index contributed by atoms with van der Waals surface area (Å²) in [6.45, 7) is 9.50. The maximum absolute atomic E-state index is 4.88. The van der Waals surface area contributed by atoms with E-state index < -0.39 is 0 Å². The average Bonchev–Trinajstić information content (AvgIpc) is 3.09. The third-order valence-corrected chi connectivity index (χ3v) is 5.76. The first-order chi connectivity index (χ1) is 12.5. The van der Waals surface area contributed by atoms with Gasteiger partial charge >= 0.3 is 0 Å². The summed E-state index contributed by atoms with van der Waals surface area (Å²) in [5, 5.41) is 2.27. The number of aromatic nitrogens is 2. The summed E-state index contributed by atoms with van der Waals surface area (Å²) in [6.07, 6.45) is 3.08. The summed E-state index contributed by atoms with van der Waals surface area (Å²) in [7, 11) is 0. The Kier molecular flexibility index (Phi) is 4.63. The Morgan fingerprint density at radius 2 is 1.92 bits per heavy atom. The zero-order valence-corrected chi connectivity index (χ0v) is 16.5. The number of nitrogens with zero attached hydrogens (tertiary/aromatic N) is 3. The monoisotopic (exact) mass is 363 g/mol. The molecule has 3 heterocycles. The van der Waals surface area contributed by atoms with Crippen LogP contribution in [0.2, 0.25) is 0 Å². The first kappa shape index (κ1) is 17.4. The highest BCUT2D eigenvalue weighted by Gasteiger charge is 2.23. The van der Waals surface area contributed by atoms with Gasteiger partial charge in [-0.3, -0.25) is 4.90 Å². The second-order valence-corrected chi connectivity index (χ2v) is 9.04. The van der Waals surface area contributed by atoms with E-state index in [1.165, 1.54) is 27.3 Å². The molecule has 0 saturated heterocycles. The lowest BCUT2D eigenvalue weighted by Gasteiger charge is -2.28. The summed E-state index contributed by atoms with van der Waals surface area (Å²) in [4.78, 5) is 13.4. The van der Waals surface area contributed by atoms with Crippen molar-refractivity contribution in [3.63, 3.8) is 0 Å². The van der Waals surface area contributed by atoms with E-state index in [1.54, 1.807) is 0 Å². The largest absolute Gasteiger partial charge is 0.292 e. The quantitative estimate of drug-likeness (QED) is 0.651. The van der Waals surface area contributed by atoms with Gasteiger partial charge in [-0.05, 0) is 34.6 Å². The van der Waals surface area contributed by atoms with Gasteiger partial charge in [0.15, 0.2) is 0 Å². The molecule has 0 N–H and O–H groups in total. The Balaban J connectivity index is 1.49. The van der Waals surface area contributed by atoms with Crippen molar-refractivity contribution in [3.05, 3.63) is 69.9 Å². The van der Waals surface area contributed by atoms with Gasteiger partial charge < -0.3 is 0 Å². The van der Waals surface area contributed by atoms with Gasteiger partial charge in [-0.25, -0.2) is 9.97 Å². The van der Waals surface area contributed by atoms with Crippen LogP contribution in [0.4, 0.5) is 0 Å². The van der Waals surface area contributed by atoms with Crippen molar-refractivity contribution in [2.75, 3.05) is 6.54 Å². The van der Waals surface area contributed by atoms with Crippen molar-refractivity contribution in [3.8, 4) is 11.1 Å². The van der Waals surface area contributed by atoms with Crippen LogP contribution in [0.25, 0.3) is 11.1 Å². The van der Waals surface area contributed by atoms with Crippen LogP contribution in [0.3, 0.4) is 0 Å². The van der Waals surface area contributed by atoms with Crippen LogP contribution in [0.1, 0.15) is 42.7 Å². The molecule has 1 aliphatic heterocycles. The van der Waals surface area contributed by atoms with Gasteiger partial charge in [-0.1, -0.05) is 51.1 Å². The zero-order chi connectivity index (χ0) is 18.1. The van der Waals surface area contributed by atoms with E-state index in [-0.39, 0.29) is 5.41 Å². The standard InChI is InChI=1S/C22H25N3S/c1-22(2,3)21-23-12-17-9-10-25(14-20(17)24-21)13-19-11-18(15-26-19)16-7-5-4-6-8-16/h4-8,11-12,15H,9-10,13-14H2,1-3H3. The van der Waals surface area contributed by atoms with Gasteiger partial charge in [0, 0.05) is 36.1 Å². The van der Waals surface area contributed by atoms with E-state index in [2.05, 4.69) is 72.4 Å². The van der Waals surface area contributed by atoms with E-state index in [9.17, 15) is 0 Å². The van der Waals surface area contributed by atoms with Crippen LogP contribution in [-0.2, 0) is 24.9 Å².